The summed E-state index contributed by atoms with van der Waals surface area (Å²) in [6.45, 7) is 2.22. The van der Waals surface area contributed by atoms with Gasteiger partial charge in [0.1, 0.15) is 0 Å². The Morgan fingerprint density at radius 3 is 3.06 bits per heavy atom. The molecule has 1 unspecified atom stereocenters. The highest BCUT2D eigenvalue weighted by molar-refractivity contribution is 9.11. The second kappa shape index (κ2) is 5.15. The van der Waals surface area contributed by atoms with Crippen molar-refractivity contribution in [3.63, 3.8) is 0 Å². The first kappa shape index (κ1) is 12.4. The number of aryl methyl sites for hydroxylation is 1. The molecule has 1 atom stereocenters. The Morgan fingerprint density at radius 1 is 1.50 bits per heavy atom. The van der Waals surface area contributed by atoms with E-state index in [1.165, 1.54) is 32.8 Å². The molecule has 18 heavy (non-hydrogen) atoms. The molecule has 96 valence electrons. The number of aromatic nitrogens is 2. The van der Waals surface area contributed by atoms with Gasteiger partial charge in [0.05, 0.1) is 15.7 Å². The molecular weight excluding hydrogens is 310 g/mol. The molecule has 0 spiro atoms. The number of hydrogen-bond donors (Lipinski definition) is 1. The number of nitrogens with zero attached hydrogens (tertiary/aromatic N) is 2. The van der Waals surface area contributed by atoms with Gasteiger partial charge < -0.3 is 5.32 Å². The van der Waals surface area contributed by atoms with Crippen molar-refractivity contribution in [2.45, 2.75) is 18.8 Å². The first-order valence-electron chi connectivity index (χ1n) is 6.24. The minimum Gasteiger partial charge on any atom is -0.316 e. The average Bonchev–Trinajstić information content (AvgIpc) is 2.96. The van der Waals surface area contributed by atoms with Crippen LogP contribution in [0.15, 0.2) is 22.1 Å². The lowest BCUT2D eigenvalue weighted by atomic mass is 9.93. The van der Waals surface area contributed by atoms with E-state index in [0.29, 0.717) is 5.92 Å². The van der Waals surface area contributed by atoms with E-state index in [1.807, 2.05) is 10.9 Å². The fraction of sp³-hybridized carbons (Fsp3) is 0.462. The second-order valence-electron chi connectivity index (χ2n) is 4.71. The number of halogens is 1. The summed E-state index contributed by atoms with van der Waals surface area (Å²) >= 11 is 5.31. The molecule has 0 amide bonds. The van der Waals surface area contributed by atoms with Crippen LogP contribution in [0.1, 0.15) is 24.5 Å². The summed E-state index contributed by atoms with van der Waals surface area (Å²) < 4.78 is 3.22. The third-order valence-electron chi connectivity index (χ3n) is 3.51. The minimum absolute atomic E-state index is 0.585. The molecule has 1 saturated heterocycles. The van der Waals surface area contributed by atoms with Gasteiger partial charge in [-0.2, -0.15) is 5.10 Å². The molecule has 0 saturated carbocycles. The third-order valence-corrected chi connectivity index (χ3v) is 5.16. The van der Waals surface area contributed by atoms with Gasteiger partial charge in [-0.05, 0) is 47.4 Å². The van der Waals surface area contributed by atoms with E-state index in [0.717, 1.165) is 13.1 Å². The molecule has 2 aromatic rings. The molecule has 0 aromatic carbocycles. The Balaban J connectivity index is 2.00. The van der Waals surface area contributed by atoms with Crippen molar-refractivity contribution in [1.82, 2.24) is 15.1 Å². The zero-order chi connectivity index (χ0) is 12.5. The Kier molecular flexibility index (Phi) is 3.54. The van der Waals surface area contributed by atoms with Crippen molar-refractivity contribution in [2.75, 3.05) is 13.1 Å². The van der Waals surface area contributed by atoms with E-state index < -0.39 is 0 Å². The summed E-state index contributed by atoms with van der Waals surface area (Å²) in [5, 5.41) is 7.94. The van der Waals surface area contributed by atoms with Crippen LogP contribution in [0.5, 0.6) is 0 Å². The Labute approximate surface area is 119 Å². The van der Waals surface area contributed by atoms with Gasteiger partial charge in [0.15, 0.2) is 0 Å². The summed E-state index contributed by atoms with van der Waals surface area (Å²) in [4.78, 5) is 1.30. The van der Waals surface area contributed by atoms with Gasteiger partial charge in [0.25, 0.3) is 0 Å². The smallest absolute Gasteiger partial charge is 0.0705 e. The molecular formula is C13H16BrN3S. The molecule has 0 bridgehead atoms. The molecule has 0 radical (unpaired) electrons. The maximum absolute atomic E-state index is 4.46. The van der Waals surface area contributed by atoms with Crippen molar-refractivity contribution in [3.8, 4) is 10.4 Å². The standard InChI is InChI=1S/C13H16BrN3S/c1-17-13(9-3-2-6-15-7-9)10(8-16-17)11-4-5-12(14)18-11/h4-5,8-9,15H,2-3,6-7H2,1H3. The molecule has 0 aliphatic carbocycles. The lowest BCUT2D eigenvalue weighted by molar-refractivity contribution is 0.442. The van der Waals surface area contributed by atoms with Crippen LogP contribution < -0.4 is 5.32 Å². The number of thiophene rings is 1. The highest BCUT2D eigenvalue weighted by Crippen LogP contribution is 2.37. The predicted molar refractivity (Wildman–Crippen MR) is 79.1 cm³/mol. The fourth-order valence-corrected chi connectivity index (χ4v) is 4.07. The van der Waals surface area contributed by atoms with Gasteiger partial charge in [-0.3, -0.25) is 4.68 Å². The van der Waals surface area contributed by atoms with Crippen LogP contribution >= 0.6 is 27.3 Å². The van der Waals surface area contributed by atoms with E-state index in [-0.39, 0.29) is 0 Å². The zero-order valence-electron chi connectivity index (χ0n) is 10.3. The summed E-state index contributed by atoms with van der Waals surface area (Å²) in [5.74, 6) is 0.585. The maximum atomic E-state index is 4.46. The molecule has 1 aliphatic heterocycles. The molecule has 1 aliphatic rings. The van der Waals surface area contributed by atoms with Crippen molar-refractivity contribution >= 4 is 27.3 Å². The van der Waals surface area contributed by atoms with Crippen LogP contribution in [0.3, 0.4) is 0 Å². The fourth-order valence-electron chi connectivity index (χ4n) is 2.67. The monoisotopic (exact) mass is 325 g/mol. The third kappa shape index (κ3) is 2.27. The first-order valence-corrected chi connectivity index (χ1v) is 7.85. The van der Waals surface area contributed by atoms with Crippen LogP contribution in [-0.2, 0) is 7.05 Å². The largest absolute Gasteiger partial charge is 0.316 e. The van der Waals surface area contributed by atoms with Gasteiger partial charge in [-0.1, -0.05) is 0 Å². The summed E-state index contributed by atoms with van der Waals surface area (Å²) in [6, 6.07) is 4.28. The van der Waals surface area contributed by atoms with Crippen molar-refractivity contribution < 1.29 is 0 Å². The molecule has 3 rings (SSSR count). The van der Waals surface area contributed by atoms with Crippen LogP contribution in [0, 0.1) is 0 Å². The van der Waals surface area contributed by atoms with Crippen LogP contribution in [0.2, 0.25) is 0 Å². The summed E-state index contributed by atoms with van der Waals surface area (Å²) in [7, 11) is 2.05. The first-order chi connectivity index (χ1) is 8.75. The Morgan fingerprint density at radius 2 is 2.39 bits per heavy atom. The summed E-state index contributed by atoms with van der Waals surface area (Å²) in [5.41, 5.74) is 2.67. The molecule has 1 fully saturated rings. The van der Waals surface area contributed by atoms with Crippen LogP contribution in [0.4, 0.5) is 0 Å². The van der Waals surface area contributed by atoms with Crippen LogP contribution in [-0.4, -0.2) is 22.9 Å². The van der Waals surface area contributed by atoms with E-state index in [2.05, 4.69) is 45.5 Å². The van der Waals surface area contributed by atoms with E-state index in [4.69, 9.17) is 0 Å². The van der Waals surface area contributed by atoms with Gasteiger partial charge in [-0.15, -0.1) is 11.3 Å². The quantitative estimate of drug-likeness (QED) is 0.917. The molecule has 3 heterocycles. The number of nitrogens with one attached hydrogen (secondary N) is 1. The SMILES string of the molecule is Cn1ncc(-c2ccc(Br)s2)c1C1CCCNC1. The van der Waals surface area contributed by atoms with Crippen molar-refractivity contribution in [1.29, 1.82) is 0 Å². The highest BCUT2D eigenvalue weighted by Gasteiger charge is 2.23. The molecule has 1 N–H and O–H groups in total. The van der Waals surface area contributed by atoms with Gasteiger partial charge >= 0.3 is 0 Å². The van der Waals surface area contributed by atoms with E-state index in [1.54, 1.807) is 11.3 Å². The van der Waals surface area contributed by atoms with Crippen molar-refractivity contribution in [2.24, 2.45) is 7.05 Å². The van der Waals surface area contributed by atoms with Gasteiger partial charge in [0.2, 0.25) is 0 Å². The highest BCUT2D eigenvalue weighted by atomic mass is 79.9. The lowest BCUT2D eigenvalue weighted by Crippen LogP contribution is -2.29. The van der Waals surface area contributed by atoms with Gasteiger partial charge in [0, 0.05) is 30.0 Å². The van der Waals surface area contributed by atoms with Gasteiger partial charge in [-0.25, -0.2) is 0 Å². The van der Waals surface area contributed by atoms with E-state index >= 15 is 0 Å². The summed E-state index contributed by atoms with van der Waals surface area (Å²) in [6.07, 6.45) is 4.51. The van der Waals surface area contributed by atoms with E-state index in [9.17, 15) is 0 Å². The number of piperidine rings is 1. The number of rotatable bonds is 2. The zero-order valence-corrected chi connectivity index (χ0v) is 12.7. The topological polar surface area (TPSA) is 29.9 Å². The predicted octanol–water partition coefficient (Wildman–Crippen LogP) is 3.38. The minimum atomic E-state index is 0.585. The molecule has 2 aromatic heterocycles. The number of hydrogen-bond acceptors (Lipinski definition) is 3. The Hall–Kier alpha value is -0.650. The maximum Gasteiger partial charge on any atom is 0.0705 e. The lowest BCUT2D eigenvalue weighted by Gasteiger charge is -2.24. The second-order valence-corrected chi connectivity index (χ2v) is 7.18. The van der Waals surface area contributed by atoms with Crippen molar-refractivity contribution in [3.05, 3.63) is 27.8 Å². The normalized spacial score (nSPS) is 20.2. The average molecular weight is 326 g/mol. The molecule has 5 heteroatoms. The Bertz CT molecular complexity index is 540. The van der Waals surface area contributed by atoms with Crippen LogP contribution in [0.25, 0.3) is 10.4 Å². The molecule has 3 nitrogen and oxygen atoms in total.